The largest absolute Gasteiger partial charge is 0.494 e. The van der Waals surface area contributed by atoms with Crippen LogP contribution in [0.1, 0.15) is 25.5 Å². The molecule has 0 aliphatic heterocycles. The third kappa shape index (κ3) is 6.87. The summed E-state index contributed by atoms with van der Waals surface area (Å²) in [6, 6.07) is -3.58. The highest BCUT2D eigenvalue weighted by Crippen LogP contribution is 2.35. The maximum Gasteiger partial charge on any atom is 0.408 e. The van der Waals surface area contributed by atoms with Crippen LogP contribution < -0.4 is 14.8 Å². The highest BCUT2D eigenvalue weighted by Gasteiger charge is 2.44. The Balaban J connectivity index is 2.04. The molecule has 17 heteroatoms. The van der Waals surface area contributed by atoms with Crippen molar-refractivity contribution < 1.29 is 49.4 Å². The first-order valence-corrected chi connectivity index (χ1v) is 11.4. The van der Waals surface area contributed by atoms with Gasteiger partial charge in [-0.3, -0.25) is 9.88 Å². The number of pyridine rings is 1. The lowest BCUT2D eigenvalue weighted by atomic mass is 10.1. The molecule has 3 aromatic heterocycles. The molecule has 40 heavy (non-hydrogen) atoms. The summed E-state index contributed by atoms with van der Waals surface area (Å²) in [7, 11) is 2.60. The van der Waals surface area contributed by atoms with Crippen LogP contribution in [-0.2, 0) is 0 Å². The van der Waals surface area contributed by atoms with Crippen molar-refractivity contribution in [3.8, 4) is 22.9 Å². The van der Waals surface area contributed by atoms with Gasteiger partial charge in [-0.25, -0.2) is 14.8 Å². The molecule has 3 heterocycles. The van der Waals surface area contributed by atoms with Gasteiger partial charge in [-0.2, -0.15) is 35.1 Å². The first-order chi connectivity index (χ1) is 18.7. The van der Waals surface area contributed by atoms with E-state index in [2.05, 4.69) is 15.0 Å². The third-order valence-corrected chi connectivity index (χ3v) is 5.56. The first kappa shape index (κ1) is 30.4. The van der Waals surface area contributed by atoms with Crippen LogP contribution in [0.3, 0.4) is 0 Å². The standard InChI is InChI=1S/C23H22F8N6O3/c1-4-37(21(38)35-16(23(29,30)31)5-6-22(26,27)28)17(18(24)25)13-9-12(15(39-2)10-33-13)14-11-36-8-7-32-19(36)20(34-14)40-3/h7-11,16H,4-6H2,1-3H3,(H,35,38)/t16-/m0/s1. The van der Waals surface area contributed by atoms with Gasteiger partial charge in [0.2, 0.25) is 0 Å². The second-order valence-corrected chi connectivity index (χ2v) is 8.11. The average molecular weight is 582 g/mol. The molecular formula is C23H22F8N6O3. The molecule has 3 rings (SSSR count). The summed E-state index contributed by atoms with van der Waals surface area (Å²) >= 11 is 0. The van der Waals surface area contributed by atoms with Gasteiger partial charge >= 0.3 is 18.4 Å². The number of rotatable bonds is 9. The van der Waals surface area contributed by atoms with Crippen molar-refractivity contribution in [3.05, 3.63) is 42.6 Å². The third-order valence-electron chi connectivity index (χ3n) is 5.56. The van der Waals surface area contributed by atoms with E-state index in [-0.39, 0.29) is 27.8 Å². The number of methoxy groups -OCH3 is 2. The summed E-state index contributed by atoms with van der Waals surface area (Å²) in [6.45, 7) is 0.600. The maximum atomic E-state index is 14.2. The van der Waals surface area contributed by atoms with Crippen molar-refractivity contribution in [1.82, 2.24) is 29.6 Å². The van der Waals surface area contributed by atoms with E-state index in [1.54, 1.807) is 6.20 Å². The van der Waals surface area contributed by atoms with Crippen molar-refractivity contribution in [2.75, 3.05) is 20.8 Å². The van der Waals surface area contributed by atoms with E-state index in [0.717, 1.165) is 12.3 Å². The number of hydrogen-bond donors (Lipinski definition) is 1. The second kappa shape index (κ2) is 11.9. The topological polar surface area (TPSA) is 93.9 Å². The van der Waals surface area contributed by atoms with Crippen molar-refractivity contribution >= 4 is 17.4 Å². The number of ether oxygens (including phenoxy) is 2. The van der Waals surface area contributed by atoms with Crippen LogP contribution in [0.4, 0.5) is 39.9 Å². The molecule has 0 aliphatic rings. The normalized spacial score (nSPS) is 12.7. The minimum Gasteiger partial charge on any atom is -0.494 e. The molecule has 0 unspecified atom stereocenters. The molecule has 3 aromatic rings. The number of carbonyl (C=O) groups excluding carboxylic acids is 1. The average Bonchev–Trinajstić information content (AvgIpc) is 3.36. The number of halogens is 8. The van der Waals surface area contributed by atoms with E-state index in [0.29, 0.717) is 5.65 Å². The van der Waals surface area contributed by atoms with Gasteiger partial charge in [0, 0.05) is 37.1 Å². The van der Waals surface area contributed by atoms with Gasteiger partial charge in [0.25, 0.3) is 12.0 Å². The summed E-state index contributed by atoms with van der Waals surface area (Å²) in [4.78, 5) is 25.2. The number of carbonyl (C=O) groups is 1. The zero-order valence-corrected chi connectivity index (χ0v) is 21.1. The van der Waals surface area contributed by atoms with Crippen LogP contribution in [0, 0.1) is 0 Å². The van der Waals surface area contributed by atoms with Crippen LogP contribution >= 0.6 is 0 Å². The van der Waals surface area contributed by atoms with Crippen molar-refractivity contribution in [2.24, 2.45) is 0 Å². The molecule has 0 aromatic carbocycles. The van der Waals surface area contributed by atoms with Crippen molar-refractivity contribution in [3.63, 3.8) is 0 Å². The number of imidazole rings is 1. The number of alkyl halides is 6. The van der Waals surface area contributed by atoms with E-state index in [9.17, 15) is 39.9 Å². The Morgan fingerprint density at radius 2 is 1.82 bits per heavy atom. The summed E-state index contributed by atoms with van der Waals surface area (Å²) in [5.74, 6) is 0.134. The highest BCUT2D eigenvalue weighted by atomic mass is 19.4. The number of fused-ring (bicyclic) bond motifs is 1. The Kier molecular flexibility index (Phi) is 9.04. The minimum atomic E-state index is -5.28. The monoisotopic (exact) mass is 582 g/mol. The molecule has 1 atom stereocenters. The molecule has 0 fully saturated rings. The SMILES string of the molecule is CCN(C(=O)N[C@@H](CCC(F)(F)F)C(F)(F)F)C(=C(F)F)c1cc(-c2cn3ccnc3c(OC)n2)c(OC)cn1. The Morgan fingerprint density at radius 1 is 1.12 bits per heavy atom. The number of urea groups is 1. The molecule has 9 nitrogen and oxygen atoms in total. The summed E-state index contributed by atoms with van der Waals surface area (Å²) < 4.78 is 118. The molecule has 0 radical (unpaired) electrons. The zero-order chi connectivity index (χ0) is 29.8. The highest BCUT2D eigenvalue weighted by molar-refractivity contribution is 5.86. The maximum absolute atomic E-state index is 14.2. The lowest BCUT2D eigenvalue weighted by Gasteiger charge is -2.28. The van der Waals surface area contributed by atoms with Crippen LogP contribution in [0.15, 0.2) is 36.9 Å². The summed E-state index contributed by atoms with van der Waals surface area (Å²) in [5.41, 5.74) is -1.16. The number of hydrogen-bond acceptors (Lipinski definition) is 6. The number of nitrogens with zero attached hydrogens (tertiary/aromatic N) is 5. The zero-order valence-electron chi connectivity index (χ0n) is 21.1. The van der Waals surface area contributed by atoms with Crippen molar-refractivity contribution in [1.29, 1.82) is 0 Å². The van der Waals surface area contributed by atoms with Crippen LogP contribution in [-0.4, -0.2) is 69.4 Å². The molecular weight excluding hydrogens is 560 g/mol. The Bertz CT molecular complexity index is 1390. The van der Waals surface area contributed by atoms with Crippen molar-refractivity contribution in [2.45, 2.75) is 38.2 Å². The predicted octanol–water partition coefficient (Wildman–Crippen LogP) is 5.68. The van der Waals surface area contributed by atoms with E-state index >= 15 is 0 Å². The molecule has 2 amide bonds. The summed E-state index contributed by atoms with van der Waals surface area (Å²) in [6.07, 6.45) is -10.6. The van der Waals surface area contributed by atoms with Crippen LogP contribution in [0.5, 0.6) is 11.6 Å². The fourth-order valence-corrected chi connectivity index (χ4v) is 3.70. The minimum absolute atomic E-state index is 0.0631. The number of aromatic nitrogens is 4. The van der Waals surface area contributed by atoms with E-state index in [1.807, 2.05) is 0 Å². The van der Waals surface area contributed by atoms with E-state index in [1.165, 1.54) is 43.3 Å². The fourth-order valence-electron chi connectivity index (χ4n) is 3.70. The van der Waals surface area contributed by atoms with Gasteiger partial charge in [-0.15, -0.1) is 0 Å². The Labute approximate surface area is 221 Å². The van der Waals surface area contributed by atoms with E-state index in [4.69, 9.17) is 9.47 Å². The lowest BCUT2D eigenvalue weighted by Crippen LogP contribution is -2.50. The molecule has 0 spiro atoms. The smallest absolute Gasteiger partial charge is 0.408 e. The fraction of sp³-hybridized carbons (Fsp3) is 0.391. The van der Waals surface area contributed by atoms with Gasteiger partial charge in [0.05, 0.1) is 31.8 Å². The first-order valence-electron chi connectivity index (χ1n) is 11.4. The summed E-state index contributed by atoms with van der Waals surface area (Å²) in [5, 5.41) is 1.39. The van der Waals surface area contributed by atoms with Gasteiger partial charge in [-0.05, 0) is 19.4 Å². The van der Waals surface area contributed by atoms with Crippen LogP contribution in [0.2, 0.25) is 0 Å². The lowest BCUT2D eigenvalue weighted by molar-refractivity contribution is -0.171. The molecule has 0 bridgehead atoms. The van der Waals surface area contributed by atoms with E-state index < -0.39 is 61.3 Å². The molecule has 0 saturated carbocycles. The quantitative estimate of drug-likeness (QED) is 0.327. The predicted molar refractivity (Wildman–Crippen MR) is 125 cm³/mol. The Hall–Kier alpha value is -4.18. The van der Waals surface area contributed by atoms with Crippen LogP contribution in [0.25, 0.3) is 22.6 Å². The van der Waals surface area contributed by atoms with Gasteiger partial charge in [-0.1, -0.05) is 0 Å². The molecule has 0 saturated heterocycles. The second-order valence-electron chi connectivity index (χ2n) is 8.11. The molecule has 0 aliphatic carbocycles. The number of amides is 2. The van der Waals surface area contributed by atoms with Gasteiger partial charge in [0.15, 0.2) is 5.65 Å². The number of nitrogens with one attached hydrogen (secondary N) is 1. The van der Waals surface area contributed by atoms with Gasteiger partial charge < -0.3 is 19.2 Å². The molecule has 1 N–H and O–H groups in total. The Morgan fingerprint density at radius 3 is 2.38 bits per heavy atom. The van der Waals surface area contributed by atoms with Gasteiger partial charge in [0.1, 0.15) is 17.5 Å². The molecule has 218 valence electrons.